The highest BCUT2D eigenvalue weighted by Crippen LogP contribution is 2.53. The summed E-state index contributed by atoms with van der Waals surface area (Å²) in [4.78, 5) is 4.52. The maximum absolute atomic E-state index is 4.52. The lowest BCUT2D eigenvalue weighted by Crippen LogP contribution is -2.16. The summed E-state index contributed by atoms with van der Waals surface area (Å²) in [5, 5.41) is 5.23. The second-order valence-corrected chi connectivity index (χ2v) is 11.0. The number of nitrogens with zero attached hydrogens (tertiary/aromatic N) is 2. The molecular formula is C32H22N2S. The van der Waals surface area contributed by atoms with Gasteiger partial charge in [-0.1, -0.05) is 80.6 Å². The fraction of sp³-hybridized carbons (Fsp3) is 0.0938. The smallest absolute Gasteiger partial charge is 0.0813 e. The molecule has 0 radical (unpaired) electrons. The van der Waals surface area contributed by atoms with E-state index in [4.69, 9.17) is 0 Å². The Morgan fingerprint density at radius 3 is 2.57 bits per heavy atom. The number of rotatable bonds is 1. The summed E-state index contributed by atoms with van der Waals surface area (Å²) >= 11 is 1.70. The van der Waals surface area contributed by atoms with E-state index in [0.29, 0.717) is 0 Å². The Morgan fingerprint density at radius 2 is 1.63 bits per heavy atom. The van der Waals surface area contributed by atoms with E-state index in [1.165, 1.54) is 65.2 Å². The van der Waals surface area contributed by atoms with Gasteiger partial charge in [0.2, 0.25) is 0 Å². The quantitative estimate of drug-likeness (QED) is 0.236. The highest BCUT2D eigenvalue weighted by Gasteiger charge is 2.38. The van der Waals surface area contributed by atoms with E-state index in [1.807, 2.05) is 5.51 Å². The number of hydrogen-bond donors (Lipinski definition) is 0. The van der Waals surface area contributed by atoms with Gasteiger partial charge in [-0.05, 0) is 57.3 Å². The van der Waals surface area contributed by atoms with Gasteiger partial charge in [0.1, 0.15) is 0 Å². The first-order chi connectivity index (χ1) is 17.1. The van der Waals surface area contributed by atoms with Crippen LogP contribution < -0.4 is 0 Å². The predicted molar refractivity (Wildman–Crippen MR) is 149 cm³/mol. The van der Waals surface area contributed by atoms with Gasteiger partial charge in [-0.25, -0.2) is 4.98 Å². The number of thiazole rings is 1. The van der Waals surface area contributed by atoms with E-state index in [-0.39, 0.29) is 5.41 Å². The normalized spacial score (nSPS) is 14.2. The molecule has 7 aromatic rings. The number of benzene rings is 5. The Labute approximate surface area is 207 Å². The monoisotopic (exact) mass is 466 g/mol. The SMILES string of the molecule is CC1(C)c2ccccc2-c2ccc3c4c5ccccc5ccc4n(-c4ccc5ncsc5c4)c3c21. The molecule has 8 rings (SSSR count). The van der Waals surface area contributed by atoms with E-state index in [2.05, 4.69) is 114 Å². The van der Waals surface area contributed by atoms with Gasteiger partial charge >= 0.3 is 0 Å². The Bertz CT molecular complexity index is 1990. The molecule has 3 heteroatoms. The van der Waals surface area contributed by atoms with E-state index in [1.54, 1.807) is 11.3 Å². The minimum absolute atomic E-state index is 0.0953. The molecule has 0 saturated carbocycles. The van der Waals surface area contributed by atoms with Gasteiger partial charge in [-0.2, -0.15) is 0 Å². The van der Waals surface area contributed by atoms with Crippen LogP contribution in [-0.2, 0) is 5.41 Å². The van der Waals surface area contributed by atoms with Crippen LogP contribution in [0, 0.1) is 0 Å². The molecule has 166 valence electrons. The lowest BCUT2D eigenvalue weighted by molar-refractivity contribution is 0.664. The molecule has 0 amide bonds. The molecule has 0 aliphatic heterocycles. The number of hydrogen-bond acceptors (Lipinski definition) is 2. The van der Waals surface area contributed by atoms with Crippen LogP contribution >= 0.6 is 11.3 Å². The van der Waals surface area contributed by atoms with Crippen LogP contribution in [-0.4, -0.2) is 9.55 Å². The Hall–Kier alpha value is -3.95. The van der Waals surface area contributed by atoms with Crippen LogP contribution in [0.25, 0.3) is 59.6 Å². The van der Waals surface area contributed by atoms with Gasteiger partial charge < -0.3 is 4.57 Å². The highest BCUT2D eigenvalue weighted by molar-refractivity contribution is 7.16. The maximum atomic E-state index is 4.52. The van der Waals surface area contributed by atoms with E-state index < -0.39 is 0 Å². The summed E-state index contributed by atoms with van der Waals surface area (Å²) in [6, 6.07) is 33.6. The van der Waals surface area contributed by atoms with Crippen molar-refractivity contribution >= 4 is 54.1 Å². The van der Waals surface area contributed by atoms with E-state index >= 15 is 0 Å². The molecule has 0 bridgehead atoms. The van der Waals surface area contributed by atoms with Gasteiger partial charge in [-0.3, -0.25) is 0 Å². The maximum Gasteiger partial charge on any atom is 0.0813 e. The fourth-order valence-corrected chi connectivity index (χ4v) is 7.09. The Balaban J connectivity index is 1.62. The number of aromatic nitrogens is 2. The van der Waals surface area contributed by atoms with E-state index in [0.717, 1.165) is 5.52 Å². The topological polar surface area (TPSA) is 17.8 Å². The standard InChI is InChI=1S/C32H22N2S/c1-32(2)25-10-6-5-9-22(25)23-13-14-24-29-21-8-4-3-7-19(21)11-16-27(29)34(31(24)30(23)32)20-12-15-26-28(17-20)35-18-33-26/h3-18H,1-2H3. The molecule has 0 unspecified atom stereocenters. The molecule has 2 nitrogen and oxygen atoms in total. The van der Waals surface area contributed by atoms with Crippen molar-refractivity contribution in [3.63, 3.8) is 0 Å². The van der Waals surface area contributed by atoms with Crippen LogP contribution in [0.15, 0.2) is 96.5 Å². The largest absolute Gasteiger partial charge is 0.309 e. The molecule has 2 heterocycles. The van der Waals surface area contributed by atoms with Crippen molar-refractivity contribution in [3.05, 3.63) is 108 Å². The molecule has 35 heavy (non-hydrogen) atoms. The zero-order valence-corrected chi connectivity index (χ0v) is 20.4. The van der Waals surface area contributed by atoms with Crippen molar-refractivity contribution in [3.8, 4) is 16.8 Å². The van der Waals surface area contributed by atoms with Gasteiger partial charge in [0, 0.05) is 21.9 Å². The molecule has 0 fully saturated rings. The highest BCUT2D eigenvalue weighted by atomic mass is 32.1. The lowest BCUT2D eigenvalue weighted by Gasteiger charge is -2.23. The molecule has 0 N–H and O–H groups in total. The summed E-state index contributed by atoms with van der Waals surface area (Å²) in [5.74, 6) is 0. The first-order valence-corrected chi connectivity index (χ1v) is 12.9. The molecule has 1 aliphatic rings. The van der Waals surface area contributed by atoms with Gasteiger partial charge in [0.05, 0.1) is 26.8 Å². The first-order valence-electron chi connectivity index (χ1n) is 12.1. The summed E-state index contributed by atoms with van der Waals surface area (Å²) in [5.41, 5.74) is 12.2. The van der Waals surface area contributed by atoms with Crippen LogP contribution in [0.4, 0.5) is 0 Å². The molecular weight excluding hydrogens is 444 g/mol. The van der Waals surface area contributed by atoms with Gasteiger partial charge in [0.25, 0.3) is 0 Å². The van der Waals surface area contributed by atoms with Crippen LogP contribution in [0.1, 0.15) is 25.0 Å². The van der Waals surface area contributed by atoms with Crippen molar-refractivity contribution in [2.24, 2.45) is 0 Å². The minimum atomic E-state index is -0.0953. The summed E-state index contributed by atoms with van der Waals surface area (Å²) < 4.78 is 3.72. The molecule has 0 atom stereocenters. The minimum Gasteiger partial charge on any atom is -0.309 e. The second-order valence-electron chi connectivity index (χ2n) is 10.1. The van der Waals surface area contributed by atoms with Gasteiger partial charge in [-0.15, -0.1) is 11.3 Å². The van der Waals surface area contributed by atoms with Gasteiger partial charge in [0.15, 0.2) is 0 Å². The average Bonchev–Trinajstić information content (AvgIpc) is 3.55. The first kappa shape index (κ1) is 19.4. The third-order valence-corrected chi connectivity index (χ3v) is 8.70. The van der Waals surface area contributed by atoms with Crippen molar-refractivity contribution in [1.82, 2.24) is 9.55 Å². The number of fused-ring (bicyclic) bond motifs is 10. The third kappa shape index (κ3) is 2.41. The molecule has 1 aliphatic carbocycles. The average molecular weight is 467 g/mol. The molecule has 0 spiro atoms. The summed E-state index contributed by atoms with van der Waals surface area (Å²) in [6.45, 7) is 4.76. The van der Waals surface area contributed by atoms with Crippen molar-refractivity contribution in [2.45, 2.75) is 19.3 Å². The summed E-state index contributed by atoms with van der Waals surface area (Å²) in [6.07, 6.45) is 0. The second kappa shape index (κ2) is 6.59. The Kier molecular flexibility index (Phi) is 3.64. The van der Waals surface area contributed by atoms with Crippen molar-refractivity contribution < 1.29 is 0 Å². The van der Waals surface area contributed by atoms with Crippen molar-refractivity contribution in [2.75, 3.05) is 0 Å². The fourth-order valence-electron chi connectivity index (χ4n) is 6.38. The van der Waals surface area contributed by atoms with E-state index in [9.17, 15) is 0 Å². The lowest BCUT2D eigenvalue weighted by atomic mass is 9.81. The zero-order valence-electron chi connectivity index (χ0n) is 19.5. The zero-order chi connectivity index (χ0) is 23.3. The summed E-state index contributed by atoms with van der Waals surface area (Å²) in [7, 11) is 0. The van der Waals surface area contributed by atoms with Crippen LogP contribution in [0.5, 0.6) is 0 Å². The molecule has 5 aromatic carbocycles. The Morgan fingerprint density at radius 1 is 0.771 bits per heavy atom. The van der Waals surface area contributed by atoms with Crippen LogP contribution in [0.2, 0.25) is 0 Å². The third-order valence-electron chi connectivity index (χ3n) is 7.91. The predicted octanol–water partition coefficient (Wildman–Crippen LogP) is 8.85. The van der Waals surface area contributed by atoms with Crippen molar-refractivity contribution in [1.29, 1.82) is 0 Å². The molecule has 0 saturated heterocycles. The van der Waals surface area contributed by atoms with Crippen LogP contribution in [0.3, 0.4) is 0 Å². The molecule has 2 aromatic heterocycles.